The fourth-order valence-corrected chi connectivity index (χ4v) is 27.0. The summed E-state index contributed by atoms with van der Waals surface area (Å²) >= 11 is 10.3. The number of nitrogens with one attached hydrogen (secondary N) is 1. The van der Waals surface area contributed by atoms with Gasteiger partial charge in [-0.3, -0.25) is 0 Å². The number of carbonyl (C=O) groups is 3. The number of imidazole rings is 4. The molecule has 140 heavy (non-hydrogen) atoms. The van der Waals surface area contributed by atoms with Crippen LogP contribution in [-0.2, 0) is 40.4 Å². The third-order valence-electron chi connectivity index (χ3n) is 20.4. The Morgan fingerprint density at radius 1 is 0.386 bits per heavy atom. The third-order valence-corrected chi connectivity index (χ3v) is 34.7. The molecule has 0 atom stereocenters. The van der Waals surface area contributed by atoms with Crippen molar-refractivity contribution in [3.8, 4) is 46.0 Å². The van der Waals surface area contributed by atoms with Crippen LogP contribution in [0.2, 0.25) is 14.8 Å². The van der Waals surface area contributed by atoms with E-state index in [4.69, 9.17) is 95.0 Å². The first-order chi connectivity index (χ1) is 65.4. The molecule has 46 heteroatoms. The maximum atomic E-state index is 13.2. The SMILES string of the molecule is CC(C)(C)CN(CCn1c(Sc2cc3c(c[c]2[Sn]([CH3])([CH3])[CH3])OCO3)nc2c(N)ncnc21)C(=O)OC(C)(C)C.CC(C)(C)CN(CCn1c(Sc2cc3c(cc2I)OCO3)nc2c(N)ncnc21)C(=O)OC(C)(C)C.CC(C)(C)CN(CCn1c(Sc2cc3c(cc2[124I])OCO3)nc2c(N)ncnc21)C(=O)OC(C)(C)C.CC(C)(C)CNCCn1c(Sc2cc3c(cc2I)OCO3)nc2c(N)ncnc21. The molecule has 4 aromatic carbocycles. The van der Waals surface area contributed by atoms with E-state index in [2.05, 4.69) is 228 Å². The molecule has 0 radical (unpaired) electrons. The molecule has 12 aromatic rings. The average molecular weight is 2440 g/mol. The fourth-order valence-electron chi connectivity index (χ4n) is 14.5. The molecule has 0 saturated heterocycles. The summed E-state index contributed by atoms with van der Waals surface area (Å²) in [4.78, 5) is 109. The second kappa shape index (κ2) is 44.2. The number of benzene rings is 4. The molecule has 16 rings (SSSR count). The second-order valence-corrected chi connectivity index (χ2v) is 64.2. The van der Waals surface area contributed by atoms with Crippen molar-refractivity contribution in [2.75, 3.05) is 102 Å². The van der Waals surface area contributed by atoms with Gasteiger partial charge in [-0.2, -0.15) is 0 Å². The van der Waals surface area contributed by atoms with E-state index in [1.165, 1.54) is 52.4 Å². The van der Waals surface area contributed by atoms with E-state index in [1.807, 2.05) is 112 Å². The van der Waals surface area contributed by atoms with Crippen LogP contribution in [0.5, 0.6) is 46.0 Å². The van der Waals surface area contributed by atoms with Crippen molar-refractivity contribution in [1.82, 2.24) is 98.1 Å². The molecule has 4 aliphatic rings. The third kappa shape index (κ3) is 28.9. The van der Waals surface area contributed by atoms with Gasteiger partial charge in [-0.05, 0) is 162 Å². The number of carbonyl (C=O) groups excluding carboxylic acids is 3. The minimum Gasteiger partial charge on any atom is -0.454 e. The van der Waals surface area contributed by atoms with Crippen LogP contribution in [0.25, 0.3) is 44.7 Å². The van der Waals surface area contributed by atoms with Crippen LogP contribution in [-0.4, -0.2) is 226 Å². The van der Waals surface area contributed by atoms with E-state index in [1.54, 1.807) is 38.2 Å². The van der Waals surface area contributed by atoms with E-state index < -0.39 is 35.2 Å². The van der Waals surface area contributed by atoms with Crippen molar-refractivity contribution in [2.45, 2.75) is 243 Å². The standard InChI is InChI=1S/2C24H31IN6O4S.C24H31N6O4S.C19H23IN6O2S.3CH3.Sn/c2*1-23(2,3)11-30(22(32)35-24(4,5)6)7-8-31-20-18(19(26)27-12-28-20)29-21(31)36-17-10-16-15(9-14(17)25)33-13-34-16;1-23(2,3)12-29(22(31)34-24(4,5)6)9-10-30-20-18(19(25)26-13-27-20)28-21(30)35-15-7-8-16-17(11-15)33-14-32-16;1-19(2,3)8-22-4-5-26-17-15(16(21)23-9-24-17)25-18(26)29-14-7-13-12(6-11(14)20)27-10-28-13;;;;/h2*9-10,12H,7-8,11,13H2,1-6H3,(H2,26,27,28);8,11,13H,9-10,12,14H2,1-6H3,(H2,25,26,27);6-7,9,22H,4-5,8,10H2,1-3H3,(H2,21,23,24);3*1H3;/i25-3;;;;;;;. The van der Waals surface area contributed by atoms with Gasteiger partial charge in [0.2, 0.25) is 20.4 Å². The number of fused-ring (bicyclic) bond motifs is 8. The predicted octanol–water partition coefficient (Wildman–Crippen LogP) is 19.0. The number of anilines is 4. The number of nitrogen functional groups attached to an aromatic ring is 4. The van der Waals surface area contributed by atoms with Crippen molar-refractivity contribution in [2.24, 2.45) is 21.7 Å². The van der Waals surface area contributed by atoms with E-state index in [-0.39, 0.29) is 67.1 Å². The normalized spacial score (nSPS) is 13.4. The number of hydrogen-bond acceptors (Lipinski definition) is 35. The molecule has 0 saturated carbocycles. The van der Waals surface area contributed by atoms with Crippen LogP contribution in [0.3, 0.4) is 0 Å². The van der Waals surface area contributed by atoms with Crippen molar-refractivity contribution >= 4 is 223 Å². The zero-order chi connectivity index (χ0) is 102. The first kappa shape index (κ1) is 108. The molecule has 8 aromatic heterocycles. The molecule has 4 aliphatic heterocycles. The summed E-state index contributed by atoms with van der Waals surface area (Å²) in [5.41, 5.74) is 27.5. The van der Waals surface area contributed by atoms with Gasteiger partial charge in [0.1, 0.15) is 30.2 Å². The van der Waals surface area contributed by atoms with E-state index in [9.17, 15) is 14.4 Å². The molecule has 0 fully saturated rings. The molecule has 0 aliphatic carbocycles. The van der Waals surface area contributed by atoms with Gasteiger partial charge < -0.3 is 83.9 Å². The van der Waals surface area contributed by atoms with Crippen LogP contribution in [0.15, 0.2) is 114 Å². The Labute approximate surface area is 877 Å². The van der Waals surface area contributed by atoms with Gasteiger partial charge in [0.25, 0.3) is 0 Å². The zero-order valence-corrected chi connectivity index (χ0v) is 96.1. The molecular weight excluding hydrogens is 2310 g/mol. The summed E-state index contributed by atoms with van der Waals surface area (Å²) in [6.07, 6.45) is 4.74. The number of nitrogens with zero attached hydrogens (tertiary/aromatic N) is 19. The van der Waals surface area contributed by atoms with Gasteiger partial charge >= 0.3 is 252 Å². The van der Waals surface area contributed by atoms with Gasteiger partial charge in [0.05, 0.1) is 0 Å². The molecule has 0 spiro atoms. The summed E-state index contributed by atoms with van der Waals surface area (Å²) in [5, 5.41) is 6.44. The van der Waals surface area contributed by atoms with Crippen molar-refractivity contribution in [3.63, 3.8) is 0 Å². The Kier molecular flexibility index (Phi) is 34.1. The number of aromatic nitrogens is 16. The Bertz CT molecular complexity index is 6340. The predicted molar refractivity (Wildman–Crippen MR) is 571 cm³/mol. The van der Waals surface area contributed by atoms with Crippen molar-refractivity contribution < 1.29 is 66.5 Å². The Morgan fingerprint density at radius 3 is 0.943 bits per heavy atom. The molecule has 0 bridgehead atoms. The minimum atomic E-state index is -2.58. The molecule has 3 amide bonds. The van der Waals surface area contributed by atoms with E-state index in [0.29, 0.717) is 143 Å². The van der Waals surface area contributed by atoms with Crippen LogP contribution >= 0.6 is 115 Å². The summed E-state index contributed by atoms with van der Waals surface area (Å²) in [7, 11) is 0. The smallest absolute Gasteiger partial charge is 0.454 e. The van der Waals surface area contributed by atoms with Crippen LogP contribution in [0, 0.1) is 32.4 Å². The monoisotopic (exact) mass is 2440 g/mol. The van der Waals surface area contributed by atoms with E-state index >= 15 is 0 Å². The van der Waals surface area contributed by atoms with Gasteiger partial charge in [-0.15, -0.1) is 0 Å². The summed E-state index contributed by atoms with van der Waals surface area (Å²) in [6, 6.07) is 15.9. The number of amides is 3. The number of nitrogens with two attached hydrogens (primary N) is 4. The first-order valence-electron chi connectivity index (χ1n) is 45.4. The molecular formula is C94H125I3N24O14S4Sn. The molecule has 9 N–H and O–H groups in total. The summed E-state index contributed by atoms with van der Waals surface area (Å²) < 4.78 is 74.1. The first-order valence-corrected chi connectivity index (χ1v) is 61.9. The molecule has 38 nitrogen and oxygen atoms in total. The van der Waals surface area contributed by atoms with Gasteiger partial charge in [-0.25, -0.2) is 54.4 Å². The number of halogens is 3. The molecule has 0 unspecified atom stereocenters. The Balaban J connectivity index is 0.000000158. The second-order valence-electron chi connectivity index (χ2n) is 42.3. The number of hydrogen-bond donors (Lipinski definition) is 5. The van der Waals surface area contributed by atoms with Crippen LogP contribution in [0.1, 0.15) is 145 Å². The van der Waals surface area contributed by atoms with Gasteiger partial charge in [0.15, 0.2) is 101 Å². The fraction of sp³-hybridized carbons (Fsp3) is 0.500. The maximum absolute atomic E-state index is 13.2. The summed E-state index contributed by atoms with van der Waals surface area (Å²) in [5.74, 6) is 7.21. The molecule has 754 valence electrons. The topological polar surface area (TPSA) is 453 Å². The average Bonchev–Trinajstić information content (AvgIpc) is 1.63. The van der Waals surface area contributed by atoms with Gasteiger partial charge in [0, 0.05) is 84.3 Å². The van der Waals surface area contributed by atoms with Gasteiger partial charge in [-0.1, -0.05) is 97.6 Å². The zero-order valence-electron chi connectivity index (χ0n) is 83.5. The Hall–Kier alpha value is -9.16. The minimum absolute atomic E-state index is 0.110. The van der Waals surface area contributed by atoms with Crippen LogP contribution < -0.4 is 69.7 Å². The number of rotatable bonds is 25. The quantitative estimate of drug-likeness (QED) is 0.0153. The Morgan fingerprint density at radius 2 is 0.650 bits per heavy atom. The number of ether oxygens (including phenoxy) is 11. The van der Waals surface area contributed by atoms with Crippen molar-refractivity contribution in [1.29, 1.82) is 0 Å². The molecule has 12 heterocycles. The van der Waals surface area contributed by atoms with E-state index in [0.717, 1.165) is 100 Å². The summed E-state index contributed by atoms with van der Waals surface area (Å²) in [6.45, 7) is 49.9. The van der Waals surface area contributed by atoms with Crippen LogP contribution in [0.4, 0.5) is 37.7 Å². The van der Waals surface area contributed by atoms with Crippen molar-refractivity contribution in [3.05, 3.63) is 84.6 Å².